The van der Waals surface area contributed by atoms with E-state index < -0.39 is 5.69 Å². The van der Waals surface area contributed by atoms with E-state index in [9.17, 15) is 9.59 Å². The lowest BCUT2D eigenvalue weighted by atomic mass is 10.2. The van der Waals surface area contributed by atoms with Crippen LogP contribution >= 0.6 is 0 Å². The van der Waals surface area contributed by atoms with Gasteiger partial charge in [0, 0.05) is 24.6 Å². The zero-order chi connectivity index (χ0) is 19.5. The second kappa shape index (κ2) is 5.84. The number of benzene rings is 1. The lowest BCUT2D eigenvalue weighted by molar-refractivity contribution is 0.651. The Kier molecular flexibility index (Phi) is 3.69. The predicted molar refractivity (Wildman–Crippen MR) is 106 cm³/mol. The Morgan fingerprint density at radius 3 is 2.63 bits per heavy atom. The van der Waals surface area contributed by atoms with Crippen LogP contribution in [0.25, 0.3) is 22.6 Å². The van der Waals surface area contributed by atoms with E-state index in [2.05, 4.69) is 17.6 Å². The molecule has 0 aliphatic heterocycles. The van der Waals surface area contributed by atoms with E-state index in [0.29, 0.717) is 16.9 Å². The molecule has 0 aliphatic carbocycles. The highest BCUT2D eigenvalue weighted by atomic mass is 16.2. The Balaban J connectivity index is 2.14. The first kappa shape index (κ1) is 17.1. The topological polar surface area (TPSA) is 66.2 Å². The molecule has 4 rings (SSSR count). The van der Waals surface area contributed by atoms with Gasteiger partial charge in [-0.05, 0) is 38.5 Å². The number of fused-ring (bicyclic) bond motifs is 3. The molecule has 4 aromatic rings. The largest absolute Gasteiger partial charge is 0.332 e. The van der Waals surface area contributed by atoms with Gasteiger partial charge in [-0.15, -0.1) is 0 Å². The van der Waals surface area contributed by atoms with Crippen LogP contribution in [0, 0.1) is 13.8 Å². The summed E-state index contributed by atoms with van der Waals surface area (Å²) in [5.74, 6) is 0.605. The van der Waals surface area contributed by atoms with E-state index >= 15 is 0 Å². The highest BCUT2D eigenvalue weighted by molar-refractivity contribution is 5.76. The van der Waals surface area contributed by atoms with Crippen LogP contribution in [0.3, 0.4) is 0 Å². The van der Waals surface area contributed by atoms with Gasteiger partial charge >= 0.3 is 5.69 Å². The molecule has 3 heterocycles. The van der Waals surface area contributed by atoms with Crippen molar-refractivity contribution in [3.8, 4) is 5.69 Å². The van der Waals surface area contributed by atoms with Crippen molar-refractivity contribution in [1.29, 1.82) is 0 Å². The molecular formula is C20H21N5O2. The first-order valence-corrected chi connectivity index (χ1v) is 8.71. The number of rotatable bonds is 3. The van der Waals surface area contributed by atoms with Crippen molar-refractivity contribution >= 4 is 16.9 Å². The number of imidazole rings is 2. The SMILES string of the molecule is C=C(C)Cn1c(=O)c2c(nc3n(-c4cccc(C)c4)c(C)cn23)n(C)c1=O. The number of hydrogen-bond acceptors (Lipinski definition) is 3. The number of nitrogens with zero attached hydrogens (tertiary/aromatic N) is 5. The molecule has 3 aromatic heterocycles. The molecule has 0 N–H and O–H groups in total. The predicted octanol–water partition coefficient (Wildman–Crippen LogP) is 2.33. The van der Waals surface area contributed by atoms with Crippen LogP contribution in [-0.2, 0) is 13.6 Å². The summed E-state index contributed by atoms with van der Waals surface area (Å²) in [4.78, 5) is 30.3. The van der Waals surface area contributed by atoms with Crippen LogP contribution in [0.2, 0.25) is 0 Å². The fourth-order valence-corrected chi connectivity index (χ4v) is 3.51. The molecule has 0 atom stereocenters. The second-order valence-corrected chi connectivity index (χ2v) is 7.09. The third-order valence-corrected chi connectivity index (χ3v) is 4.71. The summed E-state index contributed by atoms with van der Waals surface area (Å²) < 4.78 is 6.38. The average Bonchev–Trinajstić information content (AvgIpc) is 3.11. The van der Waals surface area contributed by atoms with E-state index in [-0.39, 0.29) is 12.1 Å². The maximum Gasteiger partial charge on any atom is 0.332 e. The molecule has 138 valence electrons. The molecule has 0 unspecified atom stereocenters. The van der Waals surface area contributed by atoms with Crippen LogP contribution in [0.5, 0.6) is 0 Å². The molecule has 0 radical (unpaired) electrons. The van der Waals surface area contributed by atoms with Gasteiger partial charge < -0.3 is 0 Å². The minimum atomic E-state index is -0.393. The first-order valence-electron chi connectivity index (χ1n) is 8.71. The summed E-state index contributed by atoms with van der Waals surface area (Å²) in [5.41, 5.74) is 3.80. The molecule has 0 saturated heterocycles. The normalized spacial score (nSPS) is 11.6. The van der Waals surface area contributed by atoms with Crippen molar-refractivity contribution < 1.29 is 0 Å². The average molecular weight is 363 g/mol. The smallest absolute Gasteiger partial charge is 0.283 e. The van der Waals surface area contributed by atoms with Crippen molar-refractivity contribution in [2.24, 2.45) is 7.05 Å². The zero-order valence-corrected chi connectivity index (χ0v) is 15.9. The summed E-state index contributed by atoms with van der Waals surface area (Å²) in [6.07, 6.45) is 1.88. The van der Waals surface area contributed by atoms with Crippen molar-refractivity contribution in [2.75, 3.05) is 0 Å². The monoisotopic (exact) mass is 363 g/mol. The summed E-state index contributed by atoms with van der Waals surface area (Å²) >= 11 is 0. The number of allylic oxidation sites excluding steroid dienone is 1. The van der Waals surface area contributed by atoms with Gasteiger partial charge in [0.05, 0.1) is 6.54 Å². The highest BCUT2D eigenvalue weighted by Crippen LogP contribution is 2.21. The molecule has 27 heavy (non-hydrogen) atoms. The minimum absolute atomic E-state index is 0.187. The molecule has 0 amide bonds. The Morgan fingerprint density at radius 1 is 1.22 bits per heavy atom. The maximum atomic E-state index is 13.1. The van der Waals surface area contributed by atoms with Crippen molar-refractivity contribution in [3.63, 3.8) is 0 Å². The summed E-state index contributed by atoms with van der Waals surface area (Å²) in [5, 5.41) is 0. The molecule has 0 spiro atoms. The van der Waals surface area contributed by atoms with Gasteiger partial charge in [0.25, 0.3) is 5.56 Å². The third kappa shape index (κ3) is 2.46. The van der Waals surface area contributed by atoms with E-state index in [1.165, 1.54) is 9.13 Å². The van der Waals surface area contributed by atoms with Crippen LogP contribution in [0.1, 0.15) is 18.2 Å². The molecule has 0 fully saturated rings. The standard InChI is InChI=1S/C20H21N5O2/c1-12(2)10-24-18(26)16-17(22(5)20(24)27)21-19-23(16)11-14(4)25(19)15-8-6-7-13(3)9-15/h6-9,11H,1,10H2,2-5H3. The Bertz CT molecular complexity index is 1350. The molecule has 1 aromatic carbocycles. The molecule has 0 bridgehead atoms. The first-order chi connectivity index (χ1) is 12.8. The summed E-state index contributed by atoms with van der Waals surface area (Å²) in [7, 11) is 1.63. The number of aryl methyl sites for hydroxylation is 3. The van der Waals surface area contributed by atoms with Gasteiger partial charge in [0.15, 0.2) is 11.2 Å². The molecular weight excluding hydrogens is 342 g/mol. The number of aromatic nitrogens is 5. The molecule has 7 nitrogen and oxygen atoms in total. The Morgan fingerprint density at radius 2 is 1.96 bits per heavy atom. The van der Waals surface area contributed by atoms with Gasteiger partial charge in [-0.3, -0.25) is 22.9 Å². The Hall–Kier alpha value is -3.35. The lowest BCUT2D eigenvalue weighted by Gasteiger charge is -2.07. The lowest BCUT2D eigenvalue weighted by Crippen LogP contribution is -2.39. The highest BCUT2D eigenvalue weighted by Gasteiger charge is 2.20. The van der Waals surface area contributed by atoms with Crippen molar-refractivity contribution in [2.45, 2.75) is 27.3 Å². The molecule has 7 heteroatoms. The van der Waals surface area contributed by atoms with Crippen LogP contribution in [-0.4, -0.2) is 23.1 Å². The van der Waals surface area contributed by atoms with E-state index in [4.69, 9.17) is 0 Å². The van der Waals surface area contributed by atoms with Crippen LogP contribution < -0.4 is 11.2 Å². The quantitative estimate of drug-likeness (QED) is 0.525. The summed E-state index contributed by atoms with van der Waals surface area (Å²) in [6, 6.07) is 8.07. The number of hydrogen-bond donors (Lipinski definition) is 0. The van der Waals surface area contributed by atoms with E-state index in [0.717, 1.165) is 22.5 Å². The van der Waals surface area contributed by atoms with Crippen molar-refractivity contribution in [3.05, 3.63) is 74.7 Å². The maximum absolute atomic E-state index is 13.1. The van der Waals surface area contributed by atoms with Gasteiger partial charge in [-0.2, -0.15) is 4.98 Å². The fourth-order valence-electron chi connectivity index (χ4n) is 3.51. The fraction of sp³-hybridized carbons (Fsp3) is 0.250. The van der Waals surface area contributed by atoms with Gasteiger partial charge in [0.2, 0.25) is 5.78 Å². The van der Waals surface area contributed by atoms with Gasteiger partial charge in [-0.1, -0.05) is 24.3 Å². The molecule has 0 aliphatic rings. The van der Waals surface area contributed by atoms with Crippen molar-refractivity contribution in [1.82, 2.24) is 23.1 Å². The van der Waals surface area contributed by atoms with Gasteiger partial charge in [0.1, 0.15) is 0 Å². The Labute approximate surface area is 155 Å². The summed E-state index contributed by atoms with van der Waals surface area (Å²) in [6.45, 7) is 9.80. The van der Waals surface area contributed by atoms with Crippen LogP contribution in [0.4, 0.5) is 0 Å². The third-order valence-electron chi connectivity index (χ3n) is 4.71. The van der Waals surface area contributed by atoms with Gasteiger partial charge in [-0.25, -0.2) is 4.79 Å². The molecule has 0 saturated carbocycles. The van der Waals surface area contributed by atoms with E-state index in [1.54, 1.807) is 18.4 Å². The minimum Gasteiger partial charge on any atom is -0.283 e. The second-order valence-electron chi connectivity index (χ2n) is 7.09. The zero-order valence-electron chi connectivity index (χ0n) is 15.9. The van der Waals surface area contributed by atoms with Crippen LogP contribution in [0.15, 0.2) is 52.2 Å². The van der Waals surface area contributed by atoms with E-state index in [1.807, 2.05) is 42.8 Å².